The van der Waals surface area contributed by atoms with E-state index in [-0.39, 0.29) is 34.5 Å². The van der Waals surface area contributed by atoms with Gasteiger partial charge in [0.15, 0.2) is 17.5 Å². The molecule has 36 heavy (non-hydrogen) atoms. The molecule has 2 aromatic heterocycles. The smallest absolute Gasteiger partial charge is 0.274 e. The van der Waals surface area contributed by atoms with Gasteiger partial charge in [0.1, 0.15) is 17.2 Å². The van der Waals surface area contributed by atoms with Gasteiger partial charge in [-0.05, 0) is 39.1 Å². The molecule has 3 aromatic rings. The number of benzene rings is 1. The third-order valence-corrected chi connectivity index (χ3v) is 6.19. The highest BCUT2D eigenvalue weighted by atomic mass is 32.1. The molecule has 1 unspecified atom stereocenters. The summed E-state index contributed by atoms with van der Waals surface area (Å²) in [7, 11) is 1.78. The lowest BCUT2D eigenvalue weighted by atomic mass is 10.2. The van der Waals surface area contributed by atoms with Gasteiger partial charge in [-0.25, -0.2) is 15.0 Å². The number of nitrogens with one attached hydrogen (secondary N) is 2. The number of aromatic nitrogens is 3. The highest BCUT2D eigenvalue weighted by Gasteiger charge is 2.23. The summed E-state index contributed by atoms with van der Waals surface area (Å²) in [6.45, 7) is 3.84. The third kappa shape index (κ3) is 6.40. The van der Waals surface area contributed by atoms with Crippen molar-refractivity contribution in [2.75, 3.05) is 32.0 Å². The number of hydrogen-bond donors (Lipinski definition) is 2. The maximum absolute atomic E-state index is 12.9. The molecular formula is C24H26N6O5S. The van der Waals surface area contributed by atoms with Gasteiger partial charge in [-0.1, -0.05) is 0 Å². The molecule has 0 saturated carbocycles. The summed E-state index contributed by atoms with van der Waals surface area (Å²) in [5.41, 5.74) is 1.27. The monoisotopic (exact) mass is 510 g/mol. The van der Waals surface area contributed by atoms with E-state index in [1.165, 1.54) is 35.9 Å². The zero-order chi connectivity index (χ0) is 25.5. The number of rotatable bonds is 11. The summed E-state index contributed by atoms with van der Waals surface area (Å²) >= 11 is 1.31. The molecule has 2 N–H and O–H groups in total. The lowest BCUT2D eigenvalue weighted by molar-refractivity contribution is -0.113. The van der Waals surface area contributed by atoms with Crippen LogP contribution in [0.4, 0.5) is 5.13 Å². The molecule has 1 aliphatic rings. The SMILES string of the molecule is CNCCC(C=O)Oc1cc(Oc2cnc(C(=O)N3CCC3)cn2)cc(C(=O)Nc2nc(C)cs2)c1. The van der Waals surface area contributed by atoms with Gasteiger partial charge in [0.2, 0.25) is 5.88 Å². The van der Waals surface area contributed by atoms with Gasteiger partial charge in [-0.2, -0.15) is 0 Å². The van der Waals surface area contributed by atoms with Crippen LogP contribution in [0, 0.1) is 6.92 Å². The Balaban J connectivity index is 1.55. The zero-order valence-electron chi connectivity index (χ0n) is 19.9. The predicted octanol–water partition coefficient (Wildman–Crippen LogP) is 2.69. The minimum atomic E-state index is -0.711. The number of amides is 2. The number of hydrogen-bond acceptors (Lipinski definition) is 10. The number of aldehydes is 1. The van der Waals surface area contributed by atoms with Gasteiger partial charge >= 0.3 is 0 Å². The van der Waals surface area contributed by atoms with Crippen LogP contribution in [0.2, 0.25) is 0 Å². The minimum Gasteiger partial charge on any atom is -0.483 e. The number of anilines is 1. The largest absolute Gasteiger partial charge is 0.483 e. The second-order valence-corrected chi connectivity index (χ2v) is 8.97. The maximum Gasteiger partial charge on any atom is 0.274 e. The summed E-state index contributed by atoms with van der Waals surface area (Å²) in [6, 6.07) is 4.60. The van der Waals surface area contributed by atoms with Crippen molar-refractivity contribution in [3.63, 3.8) is 0 Å². The molecule has 4 rings (SSSR count). The van der Waals surface area contributed by atoms with Gasteiger partial charge < -0.3 is 19.7 Å². The van der Waals surface area contributed by atoms with Gasteiger partial charge in [0.05, 0.1) is 18.1 Å². The average molecular weight is 511 g/mol. The summed E-state index contributed by atoms with van der Waals surface area (Å²) in [6.07, 6.45) is 4.13. The van der Waals surface area contributed by atoms with Crippen molar-refractivity contribution in [3.8, 4) is 17.4 Å². The van der Waals surface area contributed by atoms with Crippen LogP contribution >= 0.6 is 11.3 Å². The van der Waals surface area contributed by atoms with E-state index in [0.29, 0.717) is 37.5 Å². The van der Waals surface area contributed by atoms with Crippen molar-refractivity contribution in [2.45, 2.75) is 25.9 Å². The zero-order valence-corrected chi connectivity index (χ0v) is 20.7. The van der Waals surface area contributed by atoms with Crippen LogP contribution in [0.25, 0.3) is 0 Å². The first kappa shape index (κ1) is 25.2. The first-order valence-electron chi connectivity index (χ1n) is 11.4. The second kappa shape index (κ2) is 11.7. The fourth-order valence-corrected chi connectivity index (χ4v) is 3.99. The number of carbonyl (C=O) groups is 3. The van der Waals surface area contributed by atoms with E-state index in [9.17, 15) is 14.4 Å². The number of thiazole rings is 1. The van der Waals surface area contributed by atoms with Crippen LogP contribution in [-0.4, -0.2) is 70.7 Å². The molecule has 1 fully saturated rings. The van der Waals surface area contributed by atoms with Gasteiger partial charge in [0, 0.05) is 36.5 Å². The van der Waals surface area contributed by atoms with Crippen molar-refractivity contribution in [1.29, 1.82) is 0 Å². The molecule has 2 amide bonds. The summed E-state index contributed by atoms with van der Waals surface area (Å²) in [4.78, 5) is 51.0. The Morgan fingerprint density at radius 2 is 2.00 bits per heavy atom. The number of nitrogens with zero attached hydrogens (tertiary/aromatic N) is 4. The first-order valence-corrected chi connectivity index (χ1v) is 12.3. The van der Waals surface area contributed by atoms with Crippen LogP contribution in [-0.2, 0) is 4.79 Å². The Morgan fingerprint density at radius 3 is 2.61 bits per heavy atom. The fraction of sp³-hybridized carbons (Fsp3) is 0.333. The standard InChI is InChI=1S/C24H26N6O5S/c1-15-14-36-24(28-15)29-22(32)16-8-18(34-17(13-31)4-5-25-2)10-19(9-16)35-21-12-26-20(11-27-21)23(33)30-6-3-7-30/h8-14,17,25H,3-7H2,1-2H3,(H,28,29,32). The molecule has 1 aliphatic heterocycles. The van der Waals surface area contributed by atoms with Crippen LogP contribution in [0.3, 0.4) is 0 Å². The van der Waals surface area contributed by atoms with Crippen LogP contribution in [0.15, 0.2) is 36.0 Å². The van der Waals surface area contributed by atoms with Crippen molar-refractivity contribution >= 4 is 34.6 Å². The highest BCUT2D eigenvalue weighted by molar-refractivity contribution is 7.13. The van der Waals surface area contributed by atoms with Gasteiger partial charge in [0.25, 0.3) is 11.8 Å². The minimum absolute atomic E-state index is 0.135. The van der Waals surface area contributed by atoms with Crippen LogP contribution in [0.1, 0.15) is 39.4 Å². The van der Waals surface area contributed by atoms with Crippen molar-refractivity contribution < 1.29 is 23.9 Å². The Hall–Kier alpha value is -3.90. The van der Waals surface area contributed by atoms with Crippen molar-refractivity contribution in [3.05, 3.63) is 52.9 Å². The average Bonchev–Trinajstić information content (AvgIpc) is 3.25. The molecule has 1 atom stereocenters. The summed E-state index contributed by atoms with van der Waals surface area (Å²) < 4.78 is 11.6. The molecule has 188 valence electrons. The quantitative estimate of drug-likeness (QED) is 0.373. The molecule has 3 heterocycles. The molecule has 0 aliphatic carbocycles. The lowest BCUT2D eigenvalue weighted by Crippen LogP contribution is -2.42. The van der Waals surface area contributed by atoms with E-state index in [1.807, 2.05) is 12.3 Å². The highest BCUT2D eigenvalue weighted by Crippen LogP contribution is 2.28. The van der Waals surface area contributed by atoms with E-state index < -0.39 is 12.0 Å². The molecule has 12 heteroatoms. The van der Waals surface area contributed by atoms with E-state index in [1.54, 1.807) is 18.0 Å². The molecule has 0 bridgehead atoms. The van der Waals surface area contributed by atoms with Crippen LogP contribution < -0.4 is 20.1 Å². The number of likely N-dealkylation sites (tertiary alicyclic amines) is 1. The molecular weight excluding hydrogens is 484 g/mol. The van der Waals surface area contributed by atoms with Crippen LogP contribution in [0.5, 0.6) is 17.4 Å². The second-order valence-electron chi connectivity index (χ2n) is 8.11. The van der Waals surface area contributed by atoms with E-state index >= 15 is 0 Å². The maximum atomic E-state index is 12.9. The lowest BCUT2D eigenvalue weighted by Gasteiger charge is -2.30. The molecule has 1 aromatic carbocycles. The predicted molar refractivity (Wildman–Crippen MR) is 133 cm³/mol. The first-order chi connectivity index (χ1) is 17.4. The van der Waals surface area contributed by atoms with Crippen molar-refractivity contribution in [1.82, 2.24) is 25.2 Å². The normalized spacial score (nSPS) is 13.4. The van der Waals surface area contributed by atoms with E-state index in [0.717, 1.165) is 12.1 Å². The molecule has 11 nitrogen and oxygen atoms in total. The molecule has 0 spiro atoms. The van der Waals surface area contributed by atoms with E-state index in [2.05, 4.69) is 25.6 Å². The Labute approximate surface area is 211 Å². The molecule has 1 saturated heterocycles. The Bertz CT molecular complexity index is 1230. The Kier molecular flexibility index (Phi) is 8.18. The number of carbonyl (C=O) groups excluding carboxylic acids is 3. The fourth-order valence-electron chi connectivity index (χ4n) is 3.31. The third-order valence-electron chi connectivity index (χ3n) is 5.31. The topological polar surface area (TPSA) is 136 Å². The van der Waals surface area contributed by atoms with Crippen molar-refractivity contribution in [2.24, 2.45) is 0 Å². The van der Waals surface area contributed by atoms with Gasteiger partial charge in [-0.3, -0.25) is 19.7 Å². The van der Waals surface area contributed by atoms with Gasteiger partial charge in [-0.15, -0.1) is 11.3 Å². The number of ether oxygens (including phenoxy) is 2. The van der Waals surface area contributed by atoms with E-state index in [4.69, 9.17) is 9.47 Å². The Morgan fingerprint density at radius 1 is 1.19 bits per heavy atom. The molecule has 0 radical (unpaired) electrons. The number of aryl methyl sites for hydroxylation is 1. The summed E-state index contributed by atoms with van der Waals surface area (Å²) in [5.74, 6) is 0.0741. The summed E-state index contributed by atoms with van der Waals surface area (Å²) in [5, 5.41) is 8.01.